The smallest absolute Gasteiger partial charge is 0.407 e. The number of rotatable bonds is 5. The monoisotopic (exact) mass is 458 g/mol. The standard InChI is InChI=1S/C19H24BrClN2O4/c1-6-26-17(24)15-11(2)13-9-12(21)10-14(20)16(13)23(15)8-7-22-18(25)27-19(3,4)5/h9-10H,6-8H2,1-5H3,(H,22,25). The molecule has 1 heterocycles. The maximum Gasteiger partial charge on any atom is 0.407 e. The van der Waals surface area contributed by atoms with E-state index in [1.165, 1.54) is 0 Å². The van der Waals surface area contributed by atoms with Gasteiger partial charge in [-0.2, -0.15) is 0 Å². The second-order valence-corrected chi connectivity index (χ2v) is 8.35. The fourth-order valence-electron chi connectivity index (χ4n) is 2.84. The first-order chi connectivity index (χ1) is 12.5. The number of amides is 1. The van der Waals surface area contributed by atoms with Crippen LogP contribution in [-0.2, 0) is 16.0 Å². The first-order valence-corrected chi connectivity index (χ1v) is 9.84. The number of hydrogen-bond donors (Lipinski definition) is 1. The number of benzene rings is 1. The van der Waals surface area contributed by atoms with Crippen LogP contribution in [0.3, 0.4) is 0 Å². The number of fused-ring (bicyclic) bond motifs is 1. The van der Waals surface area contributed by atoms with Gasteiger partial charge in [0.15, 0.2) is 0 Å². The summed E-state index contributed by atoms with van der Waals surface area (Å²) in [5, 5.41) is 4.14. The normalized spacial score (nSPS) is 11.5. The van der Waals surface area contributed by atoms with E-state index in [1.54, 1.807) is 33.8 Å². The molecular weight excluding hydrogens is 436 g/mol. The van der Waals surface area contributed by atoms with E-state index >= 15 is 0 Å². The molecule has 0 saturated heterocycles. The van der Waals surface area contributed by atoms with Crippen LogP contribution in [0.1, 0.15) is 43.7 Å². The third-order valence-corrected chi connectivity index (χ3v) is 4.62. The third kappa shape index (κ3) is 5.17. The summed E-state index contributed by atoms with van der Waals surface area (Å²) in [5.74, 6) is -0.411. The summed E-state index contributed by atoms with van der Waals surface area (Å²) >= 11 is 9.70. The lowest BCUT2D eigenvalue weighted by Crippen LogP contribution is -2.34. The molecule has 0 aliphatic carbocycles. The van der Waals surface area contributed by atoms with Gasteiger partial charge in [0.2, 0.25) is 0 Å². The Bertz CT molecular complexity index is 871. The Morgan fingerprint density at radius 1 is 1.30 bits per heavy atom. The number of carbonyl (C=O) groups is 2. The Morgan fingerprint density at radius 2 is 1.96 bits per heavy atom. The zero-order valence-corrected chi connectivity index (χ0v) is 18.5. The maximum atomic E-state index is 12.5. The molecule has 27 heavy (non-hydrogen) atoms. The van der Waals surface area contributed by atoms with Crippen LogP contribution < -0.4 is 5.32 Å². The van der Waals surface area contributed by atoms with E-state index in [9.17, 15) is 9.59 Å². The van der Waals surface area contributed by atoms with Gasteiger partial charge < -0.3 is 19.4 Å². The molecule has 2 rings (SSSR count). The molecule has 0 bridgehead atoms. The van der Waals surface area contributed by atoms with Crippen molar-refractivity contribution in [3.05, 3.63) is 32.9 Å². The van der Waals surface area contributed by atoms with Gasteiger partial charge in [-0.15, -0.1) is 0 Å². The minimum absolute atomic E-state index is 0.276. The summed E-state index contributed by atoms with van der Waals surface area (Å²) in [6.45, 7) is 9.96. The number of nitrogens with one attached hydrogen (secondary N) is 1. The van der Waals surface area contributed by atoms with Gasteiger partial charge in [-0.25, -0.2) is 9.59 Å². The Balaban J connectivity index is 2.37. The van der Waals surface area contributed by atoms with E-state index in [0.717, 1.165) is 20.9 Å². The van der Waals surface area contributed by atoms with Crippen LogP contribution in [0.25, 0.3) is 10.9 Å². The Labute approximate surface area is 172 Å². The van der Waals surface area contributed by atoms with Crippen molar-refractivity contribution in [1.29, 1.82) is 0 Å². The topological polar surface area (TPSA) is 69.6 Å². The van der Waals surface area contributed by atoms with Crippen molar-refractivity contribution < 1.29 is 19.1 Å². The largest absolute Gasteiger partial charge is 0.461 e. The fraction of sp³-hybridized carbons (Fsp3) is 0.474. The minimum atomic E-state index is -0.573. The molecule has 0 spiro atoms. The van der Waals surface area contributed by atoms with Crippen molar-refractivity contribution in [2.75, 3.05) is 13.2 Å². The second kappa shape index (κ2) is 8.52. The molecule has 0 unspecified atom stereocenters. The van der Waals surface area contributed by atoms with E-state index in [2.05, 4.69) is 21.2 Å². The number of hydrogen-bond acceptors (Lipinski definition) is 4. The van der Waals surface area contributed by atoms with Gasteiger partial charge in [-0.1, -0.05) is 11.6 Å². The van der Waals surface area contributed by atoms with Gasteiger partial charge in [0.1, 0.15) is 11.3 Å². The molecule has 1 amide bonds. The Hall–Kier alpha value is -1.73. The summed E-state index contributed by atoms with van der Waals surface area (Å²) in [7, 11) is 0. The number of aromatic nitrogens is 1. The number of esters is 1. The van der Waals surface area contributed by atoms with E-state index < -0.39 is 17.7 Å². The number of alkyl carbamates (subject to hydrolysis) is 1. The van der Waals surface area contributed by atoms with E-state index in [4.69, 9.17) is 21.1 Å². The Kier molecular flexibility index (Phi) is 6.81. The van der Waals surface area contributed by atoms with E-state index in [0.29, 0.717) is 23.8 Å². The fourth-order valence-corrected chi connectivity index (χ4v) is 3.86. The number of aryl methyl sites for hydroxylation is 1. The van der Waals surface area contributed by atoms with Gasteiger partial charge in [0.25, 0.3) is 0 Å². The van der Waals surface area contributed by atoms with Crippen LogP contribution in [0.5, 0.6) is 0 Å². The summed E-state index contributed by atoms with van der Waals surface area (Å²) in [4.78, 5) is 24.4. The zero-order valence-electron chi connectivity index (χ0n) is 16.1. The van der Waals surface area contributed by atoms with Crippen molar-refractivity contribution in [3.63, 3.8) is 0 Å². The van der Waals surface area contributed by atoms with E-state index in [1.807, 2.05) is 17.6 Å². The van der Waals surface area contributed by atoms with Crippen molar-refractivity contribution in [2.24, 2.45) is 0 Å². The third-order valence-electron chi connectivity index (χ3n) is 3.80. The molecule has 2 aromatic rings. The number of nitrogens with zero attached hydrogens (tertiary/aromatic N) is 1. The predicted molar refractivity (Wildman–Crippen MR) is 110 cm³/mol. The predicted octanol–water partition coefficient (Wildman–Crippen LogP) is 5.07. The molecule has 0 atom stereocenters. The van der Waals surface area contributed by atoms with Gasteiger partial charge in [-0.05, 0) is 68.2 Å². The highest BCUT2D eigenvalue weighted by Crippen LogP contribution is 2.34. The lowest BCUT2D eigenvalue weighted by molar-refractivity contribution is 0.0513. The highest BCUT2D eigenvalue weighted by atomic mass is 79.9. The first-order valence-electron chi connectivity index (χ1n) is 8.67. The first kappa shape index (κ1) is 21.6. The maximum absolute atomic E-state index is 12.5. The van der Waals surface area contributed by atoms with Gasteiger partial charge in [0, 0.05) is 28.0 Å². The molecule has 148 valence electrons. The lowest BCUT2D eigenvalue weighted by Gasteiger charge is -2.20. The van der Waals surface area contributed by atoms with Crippen LogP contribution in [0.4, 0.5) is 4.79 Å². The van der Waals surface area contributed by atoms with Crippen LogP contribution in [0, 0.1) is 6.92 Å². The molecule has 6 nitrogen and oxygen atoms in total. The zero-order chi connectivity index (χ0) is 20.4. The van der Waals surface area contributed by atoms with Crippen LogP contribution in [0.15, 0.2) is 16.6 Å². The lowest BCUT2D eigenvalue weighted by atomic mass is 10.1. The van der Waals surface area contributed by atoms with Crippen LogP contribution >= 0.6 is 27.5 Å². The average Bonchev–Trinajstić information content (AvgIpc) is 2.78. The molecular formula is C19H24BrClN2O4. The molecule has 0 saturated carbocycles. The number of carbonyl (C=O) groups excluding carboxylic acids is 2. The molecule has 1 N–H and O–H groups in total. The van der Waals surface area contributed by atoms with Crippen molar-refractivity contribution in [3.8, 4) is 0 Å². The van der Waals surface area contributed by atoms with Gasteiger partial charge in [0.05, 0.1) is 12.1 Å². The number of halogens is 2. The SMILES string of the molecule is CCOC(=O)c1c(C)c2cc(Cl)cc(Br)c2n1CCNC(=O)OC(C)(C)C. The van der Waals surface area contributed by atoms with Crippen molar-refractivity contribution in [2.45, 2.75) is 46.8 Å². The van der Waals surface area contributed by atoms with Gasteiger partial charge in [-0.3, -0.25) is 0 Å². The molecule has 0 fully saturated rings. The highest BCUT2D eigenvalue weighted by molar-refractivity contribution is 9.10. The second-order valence-electron chi connectivity index (χ2n) is 7.06. The average molecular weight is 460 g/mol. The summed E-state index contributed by atoms with van der Waals surface area (Å²) in [6, 6.07) is 3.59. The highest BCUT2D eigenvalue weighted by Gasteiger charge is 2.23. The molecule has 0 aliphatic rings. The van der Waals surface area contributed by atoms with Crippen molar-refractivity contribution >= 4 is 50.5 Å². The van der Waals surface area contributed by atoms with Crippen LogP contribution in [0.2, 0.25) is 5.02 Å². The summed E-state index contributed by atoms with van der Waals surface area (Å²) < 4.78 is 13.1. The van der Waals surface area contributed by atoms with Crippen molar-refractivity contribution in [1.82, 2.24) is 9.88 Å². The van der Waals surface area contributed by atoms with Crippen LogP contribution in [-0.4, -0.2) is 35.4 Å². The Morgan fingerprint density at radius 3 is 2.56 bits per heavy atom. The molecule has 1 aromatic heterocycles. The van der Waals surface area contributed by atoms with E-state index in [-0.39, 0.29) is 6.61 Å². The molecule has 0 radical (unpaired) electrons. The minimum Gasteiger partial charge on any atom is -0.461 e. The number of ether oxygens (including phenoxy) is 2. The molecule has 8 heteroatoms. The van der Waals surface area contributed by atoms with Gasteiger partial charge >= 0.3 is 12.1 Å². The quantitative estimate of drug-likeness (QED) is 0.634. The summed E-state index contributed by atoms with van der Waals surface area (Å²) in [5.41, 5.74) is 1.48. The summed E-state index contributed by atoms with van der Waals surface area (Å²) in [6.07, 6.45) is -0.504. The molecule has 0 aliphatic heterocycles. The molecule has 1 aromatic carbocycles.